The third-order valence-electron chi connectivity index (χ3n) is 7.32. The molecule has 4 aromatic carbocycles. The quantitative estimate of drug-likeness (QED) is 0.213. The second kappa shape index (κ2) is 11.2. The largest absolute Gasteiger partial charge is 0.493 e. The van der Waals surface area contributed by atoms with Gasteiger partial charge in [-0.25, -0.2) is 4.68 Å². The summed E-state index contributed by atoms with van der Waals surface area (Å²) in [5.41, 5.74) is 5.52. The number of methoxy groups -OCH3 is 2. The summed E-state index contributed by atoms with van der Waals surface area (Å²) in [5, 5.41) is 9.71. The van der Waals surface area contributed by atoms with Crippen LogP contribution in [0.3, 0.4) is 0 Å². The maximum Gasteiger partial charge on any atom is 0.279 e. The fraction of sp³-hybridized carbons (Fsp3) is 0.152. The van der Waals surface area contributed by atoms with Gasteiger partial charge in [0.1, 0.15) is 0 Å². The topological polar surface area (TPSA) is 86.0 Å². The number of para-hydroxylation sites is 1. The minimum atomic E-state index is -4.02. The average molecular weight is 579 g/mol. The Kier molecular flexibility index (Phi) is 7.26. The van der Waals surface area contributed by atoms with Crippen LogP contribution in [0.15, 0.2) is 119 Å². The number of hydrogen-bond donors (Lipinski definition) is 0. The first-order valence-corrected chi connectivity index (χ1v) is 14.9. The number of rotatable bonds is 8. The second-order valence-corrected chi connectivity index (χ2v) is 11.8. The van der Waals surface area contributed by atoms with E-state index in [1.165, 1.54) is 4.41 Å². The predicted molar refractivity (Wildman–Crippen MR) is 163 cm³/mol. The van der Waals surface area contributed by atoms with Gasteiger partial charge in [-0.1, -0.05) is 66.2 Å². The molecule has 2 heterocycles. The number of ether oxygens (including phenoxy) is 2. The highest BCUT2D eigenvalue weighted by Gasteiger charge is 2.40. The van der Waals surface area contributed by atoms with Gasteiger partial charge in [-0.3, -0.25) is 0 Å². The van der Waals surface area contributed by atoms with Crippen LogP contribution in [0.2, 0.25) is 0 Å². The molecule has 42 heavy (non-hydrogen) atoms. The maximum absolute atomic E-state index is 14.2. The number of hydrazone groups is 1. The minimum absolute atomic E-state index is 0.173. The van der Waals surface area contributed by atoms with Crippen molar-refractivity contribution in [3.63, 3.8) is 0 Å². The molecule has 0 amide bonds. The minimum Gasteiger partial charge on any atom is -0.493 e. The Bertz CT molecular complexity index is 1850. The standard InChI is InChI=1S/C33H30N4O4S/c1-23-14-17-27(18-15-23)42(38,39)37-30(21-29(34-37)25-16-19-31(40-2)32(20-25)41-3)28-22-36(26-12-8-5-9-13-26)35-33(28)24-10-6-4-7-11-24/h4-20,22,30H,21H2,1-3H3/t30-/m0/s1. The van der Waals surface area contributed by atoms with Crippen molar-refractivity contribution in [1.29, 1.82) is 0 Å². The number of benzene rings is 4. The van der Waals surface area contributed by atoms with Crippen LogP contribution in [0, 0.1) is 6.92 Å². The van der Waals surface area contributed by atoms with Crippen LogP contribution in [0.1, 0.15) is 29.2 Å². The Morgan fingerprint density at radius 2 is 1.45 bits per heavy atom. The molecule has 0 saturated heterocycles. The molecule has 0 bridgehead atoms. The molecule has 0 aliphatic carbocycles. The van der Waals surface area contributed by atoms with Crippen molar-refractivity contribution in [2.75, 3.05) is 14.2 Å². The van der Waals surface area contributed by atoms with Crippen LogP contribution in [-0.4, -0.2) is 42.5 Å². The number of aryl methyl sites for hydroxylation is 1. The first-order valence-electron chi connectivity index (χ1n) is 13.5. The number of aromatic nitrogens is 2. The number of sulfonamides is 1. The van der Waals surface area contributed by atoms with Gasteiger partial charge in [-0.2, -0.15) is 23.0 Å². The molecule has 0 fully saturated rings. The maximum atomic E-state index is 14.2. The molecule has 1 aromatic heterocycles. The highest BCUT2D eigenvalue weighted by Crippen LogP contribution is 2.42. The molecule has 0 saturated carbocycles. The van der Waals surface area contributed by atoms with E-state index < -0.39 is 16.1 Å². The summed E-state index contributed by atoms with van der Waals surface area (Å²) in [6.07, 6.45) is 2.24. The van der Waals surface area contributed by atoms with Gasteiger partial charge in [0, 0.05) is 29.3 Å². The molecule has 9 heteroatoms. The molecule has 8 nitrogen and oxygen atoms in total. The van der Waals surface area contributed by atoms with Crippen molar-refractivity contribution in [2.24, 2.45) is 5.10 Å². The fourth-order valence-corrected chi connectivity index (χ4v) is 6.54. The van der Waals surface area contributed by atoms with Crippen LogP contribution in [0.5, 0.6) is 11.5 Å². The van der Waals surface area contributed by atoms with Gasteiger partial charge in [0.05, 0.1) is 42.2 Å². The molecule has 1 aliphatic heterocycles. The van der Waals surface area contributed by atoms with E-state index in [1.54, 1.807) is 49.2 Å². The van der Waals surface area contributed by atoms with Gasteiger partial charge in [0.25, 0.3) is 10.0 Å². The van der Waals surface area contributed by atoms with Crippen molar-refractivity contribution < 1.29 is 17.9 Å². The van der Waals surface area contributed by atoms with Crippen LogP contribution < -0.4 is 9.47 Å². The van der Waals surface area contributed by atoms with E-state index in [-0.39, 0.29) is 4.90 Å². The molecule has 0 spiro atoms. The number of nitrogens with zero attached hydrogens (tertiary/aromatic N) is 4. The molecular formula is C33H30N4O4S. The Hall–Kier alpha value is -4.89. The first kappa shape index (κ1) is 27.3. The molecule has 1 aliphatic rings. The van der Waals surface area contributed by atoms with Gasteiger partial charge in [0.2, 0.25) is 0 Å². The molecule has 1 atom stereocenters. The summed E-state index contributed by atoms with van der Waals surface area (Å²) in [6.45, 7) is 1.92. The van der Waals surface area contributed by atoms with Gasteiger partial charge in [-0.05, 0) is 49.4 Å². The lowest BCUT2D eigenvalue weighted by atomic mass is 9.97. The van der Waals surface area contributed by atoms with Crippen molar-refractivity contribution in [1.82, 2.24) is 14.2 Å². The van der Waals surface area contributed by atoms with E-state index in [4.69, 9.17) is 19.7 Å². The summed E-state index contributed by atoms with van der Waals surface area (Å²) in [6, 6.07) is 31.2. The van der Waals surface area contributed by atoms with Gasteiger partial charge in [0.15, 0.2) is 11.5 Å². The number of hydrogen-bond acceptors (Lipinski definition) is 6. The zero-order valence-electron chi connectivity index (χ0n) is 23.5. The Labute approximate surface area is 245 Å². The normalized spacial score (nSPS) is 15.0. The summed E-state index contributed by atoms with van der Waals surface area (Å²) in [5.74, 6) is 1.12. The molecule has 6 rings (SSSR count). The van der Waals surface area contributed by atoms with Gasteiger partial charge >= 0.3 is 0 Å². The van der Waals surface area contributed by atoms with E-state index in [0.29, 0.717) is 29.3 Å². The summed E-state index contributed by atoms with van der Waals surface area (Å²) in [7, 11) is -0.880. The summed E-state index contributed by atoms with van der Waals surface area (Å²) < 4.78 is 42.4. The zero-order valence-corrected chi connectivity index (χ0v) is 24.3. The second-order valence-electron chi connectivity index (χ2n) is 10.0. The molecule has 212 valence electrons. The van der Waals surface area contributed by atoms with E-state index in [9.17, 15) is 8.42 Å². The third kappa shape index (κ3) is 5.03. The monoisotopic (exact) mass is 578 g/mol. The zero-order chi connectivity index (χ0) is 29.3. The lowest BCUT2D eigenvalue weighted by Gasteiger charge is -2.23. The Balaban J connectivity index is 1.52. The van der Waals surface area contributed by atoms with Crippen molar-refractivity contribution in [3.8, 4) is 28.4 Å². The van der Waals surface area contributed by atoms with Crippen molar-refractivity contribution in [3.05, 3.63) is 126 Å². The van der Waals surface area contributed by atoms with Crippen LogP contribution in [0.4, 0.5) is 0 Å². The Morgan fingerprint density at radius 3 is 2.12 bits per heavy atom. The molecule has 5 aromatic rings. The predicted octanol–water partition coefficient (Wildman–Crippen LogP) is 6.40. The van der Waals surface area contributed by atoms with Crippen LogP contribution in [0.25, 0.3) is 16.9 Å². The highest BCUT2D eigenvalue weighted by atomic mass is 32.2. The van der Waals surface area contributed by atoms with Crippen molar-refractivity contribution in [2.45, 2.75) is 24.3 Å². The van der Waals surface area contributed by atoms with E-state index in [2.05, 4.69) is 0 Å². The molecule has 0 radical (unpaired) electrons. The summed E-state index contributed by atoms with van der Waals surface area (Å²) in [4.78, 5) is 0.173. The molecular weight excluding hydrogens is 548 g/mol. The molecule has 0 N–H and O–H groups in total. The Morgan fingerprint density at radius 1 is 0.786 bits per heavy atom. The summed E-state index contributed by atoms with van der Waals surface area (Å²) >= 11 is 0. The van der Waals surface area contributed by atoms with Crippen molar-refractivity contribution >= 4 is 15.7 Å². The van der Waals surface area contributed by atoms with E-state index >= 15 is 0 Å². The first-order chi connectivity index (χ1) is 20.4. The highest BCUT2D eigenvalue weighted by molar-refractivity contribution is 7.89. The average Bonchev–Trinajstić information content (AvgIpc) is 3.68. The van der Waals surface area contributed by atoms with Gasteiger partial charge in [-0.15, -0.1) is 0 Å². The molecule has 0 unspecified atom stereocenters. The van der Waals surface area contributed by atoms with E-state index in [1.807, 2.05) is 85.9 Å². The lowest BCUT2D eigenvalue weighted by molar-refractivity contribution is 0.355. The third-order valence-corrected chi connectivity index (χ3v) is 9.02. The lowest BCUT2D eigenvalue weighted by Crippen LogP contribution is -2.27. The van der Waals surface area contributed by atoms with Crippen LogP contribution >= 0.6 is 0 Å². The SMILES string of the molecule is COc1ccc(C2=NN(S(=O)(=O)c3ccc(C)cc3)[C@H](c3cn(-c4ccccc4)nc3-c3ccccc3)C2)cc1OC. The smallest absolute Gasteiger partial charge is 0.279 e. The van der Waals surface area contributed by atoms with Crippen LogP contribution in [-0.2, 0) is 10.0 Å². The fourth-order valence-electron chi connectivity index (χ4n) is 5.11. The van der Waals surface area contributed by atoms with Gasteiger partial charge < -0.3 is 9.47 Å². The van der Waals surface area contributed by atoms with E-state index in [0.717, 1.165) is 27.9 Å².